The summed E-state index contributed by atoms with van der Waals surface area (Å²) in [7, 11) is 3.80. The van der Waals surface area contributed by atoms with Crippen molar-refractivity contribution in [3.63, 3.8) is 0 Å². The number of hydrogen-bond donors (Lipinski definition) is 0. The molecule has 1 aliphatic rings. The highest BCUT2D eigenvalue weighted by Gasteiger charge is 2.25. The van der Waals surface area contributed by atoms with Crippen LogP contribution in [-0.2, 0) is 17.8 Å². The van der Waals surface area contributed by atoms with Crippen LogP contribution in [0.1, 0.15) is 11.5 Å². The topological polar surface area (TPSA) is 49.6 Å². The number of benzene rings is 1. The van der Waals surface area contributed by atoms with E-state index < -0.39 is 0 Å². The Morgan fingerprint density at radius 2 is 2.10 bits per heavy atom. The minimum Gasteiger partial charge on any atom is -0.441 e. The van der Waals surface area contributed by atoms with E-state index >= 15 is 0 Å². The van der Waals surface area contributed by atoms with Gasteiger partial charge in [0, 0.05) is 18.5 Å². The standard InChI is InChI=1S/C16H19N3O2/c1-18(2)11-15(20)19-9-8-14-13(10-19)17-16(21-14)12-6-4-3-5-7-12/h3-7H,8-11H2,1-2H3. The smallest absolute Gasteiger partial charge is 0.237 e. The van der Waals surface area contributed by atoms with Gasteiger partial charge in [0.2, 0.25) is 11.8 Å². The summed E-state index contributed by atoms with van der Waals surface area (Å²) in [4.78, 5) is 20.4. The molecule has 5 nitrogen and oxygen atoms in total. The van der Waals surface area contributed by atoms with Gasteiger partial charge in [-0.15, -0.1) is 0 Å². The van der Waals surface area contributed by atoms with E-state index in [1.165, 1.54) is 0 Å². The number of amides is 1. The predicted molar refractivity (Wildman–Crippen MR) is 79.6 cm³/mol. The molecule has 0 radical (unpaired) electrons. The maximum Gasteiger partial charge on any atom is 0.237 e. The predicted octanol–water partition coefficient (Wildman–Crippen LogP) is 1.79. The summed E-state index contributed by atoms with van der Waals surface area (Å²) in [5.74, 6) is 1.68. The van der Waals surface area contributed by atoms with Crippen LogP contribution >= 0.6 is 0 Å². The highest BCUT2D eigenvalue weighted by Crippen LogP contribution is 2.26. The summed E-state index contributed by atoms with van der Waals surface area (Å²) in [6.07, 6.45) is 0.730. The minimum absolute atomic E-state index is 0.134. The number of nitrogens with zero attached hydrogens (tertiary/aromatic N) is 3. The first-order valence-electron chi connectivity index (χ1n) is 7.10. The maximum absolute atomic E-state index is 12.1. The first-order valence-corrected chi connectivity index (χ1v) is 7.10. The third-order valence-corrected chi connectivity index (χ3v) is 3.55. The Balaban J connectivity index is 1.78. The molecule has 5 heteroatoms. The zero-order chi connectivity index (χ0) is 14.8. The lowest BCUT2D eigenvalue weighted by Crippen LogP contribution is -2.40. The average molecular weight is 285 g/mol. The van der Waals surface area contributed by atoms with Crippen molar-refractivity contribution >= 4 is 5.91 Å². The molecule has 0 saturated carbocycles. The molecule has 3 rings (SSSR count). The monoisotopic (exact) mass is 285 g/mol. The fourth-order valence-electron chi connectivity index (χ4n) is 2.49. The van der Waals surface area contributed by atoms with Crippen LogP contribution in [0.25, 0.3) is 11.5 Å². The molecule has 2 heterocycles. The van der Waals surface area contributed by atoms with E-state index in [2.05, 4.69) is 4.98 Å². The second-order valence-corrected chi connectivity index (χ2v) is 5.56. The lowest BCUT2D eigenvalue weighted by molar-refractivity contribution is -0.132. The highest BCUT2D eigenvalue weighted by molar-refractivity contribution is 5.78. The number of rotatable bonds is 3. The van der Waals surface area contributed by atoms with E-state index in [1.54, 1.807) is 0 Å². The van der Waals surface area contributed by atoms with E-state index in [9.17, 15) is 4.79 Å². The van der Waals surface area contributed by atoms with Gasteiger partial charge in [0.15, 0.2) is 0 Å². The first kappa shape index (κ1) is 13.8. The average Bonchev–Trinajstić information content (AvgIpc) is 2.90. The molecule has 0 bridgehead atoms. The second kappa shape index (κ2) is 5.69. The molecule has 0 atom stereocenters. The molecule has 21 heavy (non-hydrogen) atoms. The van der Waals surface area contributed by atoms with Crippen molar-refractivity contribution in [3.8, 4) is 11.5 Å². The fraction of sp³-hybridized carbons (Fsp3) is 0.375. The van der Waals surface area contributed by atoms with Crippen LogP contribution in [0.15, 0.2) is 34.7 Å². The molecule has 1 aromatic carbocycles. The lowest BCUT2D eigenvalue weighted by atomic mass is 10.1. The first-order chi connectivity index (χ1) is 10.1. The molecule has 0 fully saturated rings. The molecule has 110 valence electrons. The van der Waals surface area contributed by atoms with Gasteiger partial charge in [-0.3, -0.25) is 4.79 Å². The van der Waals surface area contributed by atoms with Crippen molar-refractivity contribution < 1.29 is 9.21 Å². The zero-order valence-corrected chi connectivity index (χ0v) is 12.4. The Morgan fingerprint density at radius 3 is 2.81 bits per heavy atom. The van der Waals surface area contributed by atoms with Gasteiger partial charge in [0.05, 0.1) is 13.1 Å². The Bertz CT molecular complexity index is 634. The molecule has 0 unspecified atom stereocenters. The van der Waals surface area contributed by atoms with E-state index in [-0.39, 0.29) is 5.91 Å². The Morgan fingerprint density at radius 1 is 1.33 bits per heavy atom. The van der Waals surface area contributed by atoms with Gasteiger partial charge in [-0.25, -0.2) is 4.98 Å². The molecule has 1 aliphatic heterocycles. The second-order valence-electron chi connectivity index (χ2n) is 5.56. The summed E-state index contributed by atoms with van der Waals surface area (Å²) in [5.41, 5.74) is 1.85. The van der Waals surface area contributed by atoms with Crippen LogP contribution < -0.4 is 0 Å². The number of aromatic nitrogens is 1. The van der Waals surface area contributed by atoms with Crippen molar-refractivity contribution in [1.29, 1.82) is 0 Å². The molecular weight excluding hydrogens is 266 g/mol. The van der Waals surface area contributed by atoms with Gasteiger partial charge in [-0.1, -0.05) is 18.2 Å². The number of carbonyl (C=O) groups is 1. The lowest BCUT2D eigenvalue weighted by Gasteiger charge is -2.26. The number of fused-ring (bicyclic) bond motifs is 1. The summed E-state index contributed by atoms with van der Waals surface area (Å²) in [5, 5.41) is 0. The van der Waals surface area contributed by atoms with Gasteiger partial charge in [-0.2, -0.15) is 0 Å². The number of hydrogen-bond acceptors (Lipinski definition) is 4. The fourth-order valence-corrected chi connectivity index (χ4v) is 2.49. The highest BCUT2D eigenvalue weighted by atomic mass is 16.4. The number of carbonyl (C=O) groups excluding carboxylic acids is 1. The zero-order valence-electron chi connectivity index (χ0n) is 12.4. The van der Waals surface area contributed by atoms with Crippen LogP contribution in [0.2, 0.25) is 0 Å². The van der Waals surface area contributed by atoms with Gasteiger partial charge in [0.25, 0.3) is 0 Å². The van der Waals surface area contributed by atoms with E-state index in [0.717, 1.165) is 23.4 Å². The molecule has 2 aromatic rings. The maximum atomic E-state index is 12.1. The van der Waals surface area contributed by atoms with Crippen molar-refractivity contribution in [2.24, 2.45) is 0 Å². The molecular formula is C16H19N3O2. The van der Waals surface area contributed by atoms with Crippen molar-refractivity contribution in [2.75, 3.05) is 27.2 Å². The van der Waals surface area contributed by atoms with Gasteiger partial charge in [-0.05, 0) is 26.2 Å². The summed E-state index contributed by atoms with van der Waals surface area (Å²) in [6, 6.07) is 9.85. The number of oxazole rings is 1. The molecule has 0 aliphatic carbocycles. The molecule has 0 N–H and O–H groups in total. The van der Waals surface area contributed by atoms with Crippen molar-refractivity contribution in [3.05, 3.63) is 41.8 Å². The van der Waals surface area contributed by atoms with Crippen LogP contribution in [0.5, 0.6) is 0 Å². The SMILES string of the molecule is CN(C)CC(=O)N1CCc2oc(-c3ccccc3)nc2C1. The van der Waals surface area contributed by atoms with E-state index in [4.69, 9.17) is 4.42 Å². The Kier molecular flexibility index (Phi) is 3.75. The van der Waals surface area contributed by atoms with Gasteiger partial charge in [0.1, 0.15) is 11.5 Å². The normalized spacial score (nSPS) is 14.3. The molecule has 1 aromatic heterocycles. The van der Waals surface area contributed by atoms with E-state index in [0.29, 0.717) is 25.5 Å². The third kappa shape index (κ3) is 2.97. The number of likely N-dealkylation sites (N-methyl/N-ethyl adjacent to an activating group) is 1. The van der Waals surface area contributed by atoms with Crippen molar-refractivity contribution in [1.82, 2.24) is 14.8 Å². The van der Waals surface area contributed by atoms with Crippen LogP contribution in [0.4, 0.5) is 0 Å². The Hall–Kier alpha value is -2.14. The van der Waals surface area contributed by atoms with Crippen LogP contribution in [0, 0.1) is 0 Å². The minimum atomic E-state index is 0.134. The largest absolute Gasteiger partial charge is 0.441 e. The van der Waals surface area contributed by atoms with Gasteiger partial charge >= 0.3 is 0 Å². The summed E-state index contributed by atoms with van der Waals surface area (Å²) < 4.78 is 5.84. The molecule has 0 spiro atoms. The summed E-state index contributed by atoms with van der Waals surface area (Å²) in [6.45, 7) is 1.67. The third-order valence-electron chi connectivity index (χ3n) is 3.55. The van der Waals surface area contributed by atoms with Crippen molar-refractivity contribution in [2.45, 2.75) is 13.0 Å². The van der Waals surface area contributed by atoms with Crippen LogP contribution in [0.3, 0.4) is 0 Å². The van der Waals surface area contributed by atoms with E-state index in [1.807, 2.05) is 54.2 Å². The Labute approximate surface area is 124 Å². The summed E-state index contributed by atoms with van der Waals surface area (Å²) >= 11 is 0. The molecule has 1 amide bonds. The van der Waals surface area contributed by atoms with Gasteiger partial charge < -0.3 is 14.2 Å². The molecule has 0 saturated heterocycles. The van der Waals surface area contributed by atoms with Crippen LogP contribution in [-0.4, -0.2) is 47.9 Å². The quantitative estimate of drug-likeness (QED) is 0.862.